The molecule has 0 unspecified atom stereocenters. The number of pyridine rings is 1. The summed E-state index contributed by atoms with van der Waals surface area (Å²) in [5.74, 6) is -0.316. The summed E-state index contributed by atoms with van der Waals surface area (Å²) >= 11 is 0. The fourth-order valence-corrected chi connectivity index (χ4v) is 2.78. The fourth-order valence-electron chi connectivity index (χ4n) is 2.78. The smallest absolute Gasteiger partial charge is 0.341 e. The fraction of sp³-hybridized carbons (Fsp3) is 0.190. The molecule has 0 aliphatic carbocycles. The molecule has 0 amide bonds. The SMILES string of the molecule is CCOC(=O)c1cnc2ccc(OC)cc2c1Nc1cccc(C(=O)OC)c1. The van der Waals surface area contributed by atoms with Crippen molar-refractivity contribution < 1.29 is 23.8 Å². The molecule has 2 aromatic carbocycles. The topological polar surface area (TPSA) is 86.8 Å². The molecule has 0 spiro atoms. The molecule has 3 rings (SSSR count). The monoisotopic (exact) mass is 380 g/mol. The molecule has 1 aromatic heterocycles. The number of hydrogen-bond donors (Lipinski definition) is 1. The highest BCUT2D eigenvalue weighted by molar-refractivity contribution is 6.06. The molecule has 0 radical (unpaired) electrons. The Balaban J connectivity index is 2.14. The minimum atomic E-state index is -0.494. The molecule has 28 heavy (non-hydrogen) atoms. The molecule has 0 saturated carbocycles. The lowest BCUT2D eigenvalue weighted by atomic mass is 10.1. The Morgan fingerprint density at radius 2 is 1.89 bits per heavy atom. The Labute approximate surface area is 162 Å². The minimum Gasteiger partial charge on any atom is -0.497 e. The number of rotatable bonds is 6. The van der Waals surface area contributed by atoms with Crippen molar-refractivity contribution >= 4 is 34.2 Å². The van der Waals surface area contributed by atoms with Crippen LogP contribution in [0.4, 0.5) is 11.4 Å². The number of ether oxygens (including phenoxy) is 3. The number of methoxy groups -OCH3 is 2. The van der Waals surface area contributed by atoms with Crippen molar-refractivity contribution in [3.63, 3.8) is 0 Å². The molecule has 1 heterocycles. The summed E-state index contributed by atoms with van der Waals surface area (Å²) in [6, 6.07) is 12.2. The largest absolute Gasteiger partial charge is 0.497 e. The van der Waals surface area contributed by atoms with E-state index >= 15 is 0 Å². The lowest BCUT2D eigenvalue weighted by Crippen LogP contribution is -2.09. The lowest BCUT2D eigenvalue weighted by molar-refractivity contribution is 0.0526. The van der Waals surface area contributed by atoms with Crippen LogP contribution in [0.5, 0.6) is 5.75 Å². The summed E-state index contributed by atoms with van der Waals surface area (Å²) < 4.78 is 15.2. The van der Waals surface area contributed by atoms with Gasteiger partial charge in [-0.15, -0.1) is 0 Å². The third kappa shape index (κ3) is 3.88. The number of anilines is 2. The summed E-state index contributed by atoms with van der Waals surface area (Å²) in [7, 11) is 2.89. The highest BCUT2D eigenvalue weighted by Gasteiger charge is 2.18. The first-order valence-corrected chi connectivity index (χ1v) is 8.66. The van der Waals surface area contributed by atoms with Gasteiger partial charge in [-0.2, -0.15) is 0 Å². The first kappa shape index (κ1) is 19.2. The van der Waals surface area contributed by atoms with Crippen molar-refractivity contribution in [3.05, 3.63) is 59.8 Å². The molecule has 0 atom stereocenters. The number of carbonyl (C=O) groups is 2. The first-order valence-electron chi connectivity index (χ1n) is 8.66. The zero-order chi connectivity index (χ0) is 20.1. The summed E-state index contributed by atoms with van der Waals surface area (Å²) in [4.78, 5) is 28.6. The number of aromatic nitrogens is 1. The lowest BCUT2D eigenvalue weighted by Gasteiger charge is -2.15. The molecule has 0 bridgehead atoms. The molecule has 0 aliphatic rings. The number of benzene rings is 2. The van der Waals surface area contributed by atoms with E-state index in [9.17, 15) is 9.59 Å². The van der Waals surface area contributed by atoms with Crippen LogP contribution in [0.2, 0.25) is 0 Å². The van der Waals surface area contributed by atoms with Crippen molar-refractivity contribution in [3.8, 4) is 5.75 Å². The third-order valence-corrected chi connectivity index (χ3v) is 4.12. The van der Waals surface area contributed by atoms with Gasteiger partial charge < -0.3 is 19.5 Å². The molecule has 144 valence electrons. The van der Waals surface area contributed by atoms with Crippen LogP contribution in [-0.4, -0.2) is 37.7 Å². The van der Waals surface area contributed by atoms with Gasteiger partial charge in [0.05, 0.1) is 37.6 Å². The minimum absolute atomic E-state index is 0.242. The van der Waals surface area contributed by atoms with E-state index in [1.54, 1.807) is 56.5 Å². The maximum atomic E-state index is 12.5. The highest BCUT2D eigenvalue weighted by Crippen LogP contribution is 2.32. The van der Waals surface area contributed by atoms with Gasteiger partial charge in [-0.05, 0) is 43.3 Å². The molecule has 7 nitrogen and oxygen atoms in total. The second-order valence-corrected chi connectivity index (χ2v) is 5.85. The standard InChI is InChI=1S/C21H20N2O5/c1-4-28-21(25)17-12-22-18-9-8-15(26-2)11-16(18)19(17)23-14-7-5-6-13(10-14)20(24)27-3/h5-12H,4H2,1-3H3,(H,22,23). The van der Waals surface area contributed by atoms with Gasteiger partial charge in [0.1, 0.15) is 11.3 Å². The number of nitrogens with zero attached hydrogens (tertiary/aromatic N) is 1. The van der Waals surface area contributed by atoms with Gasteiger partial charge in [-0.1, -0.05) is 6.07 Å². The quantitative estimate of drug-likeness (QED) is 0.648. The summed E-state index contributed by atoms with van der Waals surface area (Å²) in [6.45, 7) is 1.98. The average Bonchev–Trinajstić information content (AvgIpc) is 2.73. The van der Waals surface area contributed by atoms with Crippen LogP contribution in [0.25, 0.3) is 10.9 Å². The Morgan fingerprint density at radius 1 is 1.07 bits per heavy atom. The van der Waals surface area contributed by atoms with Crippen LogP contribution in [0.15, 0.2) is 48.7 Å². The number of carbonyl (C=O) groups excluding carboxylic acids is 2. The Hall–Kier alpha value is -3.61. The van der Waals surface area contributed by atoms with Gasteiger partial charge in [0.2, 0.25) is 0 Å². The molecule has 0 saturated heterocycles. The molecule has 3 aromatic rings. The van der Waals surface area contributed by atoms with Gasteiger partial charge in [-0.3, -0.25) is 4.98 Å². The van der Waals surface area contributed by atoms with Crippen LogP contribution in [0, 0.1) is 0 Å². The van der Waals surface area contributed by atoms with E-state index in [1.165, 1.54) is 13.3 Å². The van der Waals surface area contributed by atoms with E-state index in [4.69, 9.17) is 14.2 Å². The van der Waals surface area contributed by atoms with Crippen LogP contribution in [0.1, 0.15) is 27.6 Å². The van der Waals surface area contributed by atoms with Crippen LogP contribution in [-0.2, 0) is 9.47 Å². The van der Waals surface area contributed by atoms with Crippen LogP contribution >= 0.6 is 0 Å². The zero-order valence-corrected chi connectivity index (χ0v) is 15.8. The van der Waals surface area contributed by atoms with Crippen molar-refractivity contribution in [2.75, 3.05) is 26.1 Å². The normalized spacial score (nSPS) is 10.4. The van der Waals surface area contributed by atoms with Gasteiger partial charge in [0.15, 0.2) is 0 Å². The van der Waals surface area contributed by atoms with Crippen molar-refractivity contribution in [1.82, 2.24) is 4.98 Å². The summed E-state index contributed by atoms with van der Waals surface area (Å²) in [6.07, 6.45) is 1.47. The molecule has 0 aliphatic heterocycles. The van der Waals surface area contributed by atoms with Gasteiger partial charge in [0, 0.05) is 17.3 Å². The summed E-state index contributed by atoms with van der Waals surface area (Å²) in [5.41, 5.74) is 2.49. The maximum Gasteiger partial charge on any atom is 0.341 e. The Kier molecular flexibility index (Phi) is 5.74. The van der Waals surface area contributed by atoms with Gasteiger partial charge in [0.25, 0.3) is 0 Å². The van der Waals surface area contributed by atoms with Crippen molar-refractivity contribution in [1.29, 1.82) is 0 Å². The second kappa shape index (κ2) is 8.39. The number of fused-ring (bicyclic) bond motifs is 1. The van der Waals surface area contributed by atoms with E-state index in [1.807, 2.05) is 0 Å². The van der Waals surface area contributed by atoms with Gasteiger partial charge in [-0.25, -0.2) is 9.59 Å². The predicted octanol–water partition coefficient (Wildman–Crippen LogP) is 3.95. The molecule has 7 heteroatoms. The zero-order valence-electron chi connectivity index (χ0n) is 15.8. The molecule has 1 N–H and O–H groups in total. The Bertz CT molecular complexity index is 1030. The highest BCUT2D eigenvalue weighted by atomic mass is 16.5. The average molecular weight is 380 g/mol. The Morgan fingerprint density at radius 3 is 2.61 bits per heavy atom. The number of nitrogens with one attached hydrogen (secondary N) is 1. The molecular weight excluding hydrogens is 360 g/mol. The van der Waals surface area contributed by atoms with E-state index in [0.29, 0.717) is 33.6 Å². The van der Waals surface area contributed by atoms with E-state index < -0.39 is 11.9 Å². The maximum absolute atomic E-state index is 12.5. The second-order valence-electron chi connectivity index (χ2n) is 5.85. The first-order chi connectivity index (χ1) is 13.6. The van der Waals surface area contributed by atoms with Crippen molar-refractivity contribution in [2.45, 2.75) is 6.92 Å². The number of hydrogen-bond acceptors (Lipinski definition) is 7. The molecule has 0 fully saturated rings. The van der Waals surface area contributed by atoms with Crippen molar-refractivity contribution in [2.24, 2.45) is 0 Å². The van der Waals surface area contributed by atoms with E-state index in [-0.39, 0.29) is 12.2 Å². The van der Waals surface area contributed by atoms with Gasteiger partial charge >= 0.3 is 11.9 Å². The van der Waals surface area contributed by atoms with Crippen LogP contribution < -0.4 is 10.1 Å². The summed E-state index contributed by atoms with van der Waals surface area (Å²) in [5, 5.41) is 3.91. The number of esters is 2. The molecular formula is C21H20N2O5. The van der Waals surface area contributed by atoms with Crippen LogP contribution in [0.3, 0.4) is 0 Å². The van der Waals surface area contributed by atoms with E-state index in [0.717, 1.165) is 0 Å². The predicted molar refractivity (Wildman–Crippen MR) is 105 cm³/mol. The third-order valence-electron chi connectivity index (χ3n) is 4.12. The van der Waals surface area contributed by atoms with E-state index in [2.05, 4.69) is 10.3 Å².